The SMILES string of the molecule is CC1(C)OB(c2ccc(CN3CCOCC3)cc2Cl)OC1(C)C. The molecule has 0 atom stereocenters. The van der Waals surface area contributed by atoms with E-state index in [1.807, 2.05) is 39.8 Å². The lowest BCUT2D eigenvalue weighted by Gasteiger charge is -2.32. The van der Waals surface area contributed by atoms with Gasteiger partial charge in [0.05, 0.1) is 24.4 Å². The van der Waals surface area contributed by atoms with Gasteiger partial charge >= 0.3 is 7.12 Å². The molecular formula is C17H25BClNO3. The van der Waals surface area contributed by atoms with Crippen LogP contribution in [0.3, 0.4) is 0 Å². The van der Waals surface area contributed by atoms with Crippen LogP contribution in [0.15, 0.2) is 18.2 Å². The van der Waals surface area contributed by atoms with Crippen molar-refractivity contribution in [2.24, 2.45) is 0 Å². The Bertz CT molecular complexity index is 557. The number of halogens is 1. The lowest BCUT2D eigenvalue weighted by molar-refractivity contribution is 0.00578. The number of ether oxygens (including phenoxy) is 1. The molecule has 1 aromatic rings. The van der Waals surface area contributed by atoms with Gasteiger partial charge in [0.25, 0.3) is 0 Å². The van der Waals surface area contributed by atoms with Crippen LogP contribution in [0.5, 0.6) is 0 Å². The predicted molar refractivity (Wildman–Crippen MR) is 93.3 cm³/mol. The molecular weight excluding hydrogens is 312 g/mol. The average Bonchev–Trinajstić information content (AvgIpc) is 2.68. The molecule has 1 aromatic carbocycles. The maximum Gasteiger partial charge on any atom is 0.496 e. The third kappa shape index (κ3) is 3.59. The van der Waals surface area contributed by atoms with Crippen molar-refractivity contribution in [3.05, 3.63) is 28.8 Å². The second-order valence-corrected chi connectivity index (χ2v) is 7.74. The van der Waals surface area contributed by atoms with Crippen LogP contribution >= 0.6 is 11.6 Å². The highest BCUT2D eigenvalue weighted by atomic mass is 35.5. The minimum atomic E-state index is -0.412. The van der Waals surface area contributed by atoms with E-state index in [1.54, 1.807) is 0 Å². The zero-order valence-electron chi connectivity index (χ0n) is 14.4. The van der Waals surface area contributed by atoms with Gasteiger partial charge in [-0.05, 0) is 39.3 Å². The highest BCUT2D eigenvalue weighted by Crippen LogP contribution is 2.37. The van der Waals surface area contributed by atoms with E-state index >= 15 is 0 Å². The van der Waals surface area contributed by atoms with Gasteiger partial charge in [0.1, 0.15) is 0 Å². The fourth-order valence-electron chi connectivity index (χ4n) is 2.85. The van der Waals surface area contributed by atoms with E-state index in [2.05, 4.69) is 11.0 Å². The monoisotopic (exact) mass is 337 g/mol. The van der Waals surface area contributed by atoms with Crippen LogP contribution in [0, 0.1) is 0 Å². The molecule has 0 bridgehead atoms. The first kappa shape index (κ1) is 17.2. The molecule has 4 nitrogen and oxygen atoms in total. The maximum atomic E-state index is 6.51. The summed E-state index contributed by atoms with van der Waals surface area (Å²) in [5.41, 5.74) is 1.40. The summed E-state index contributed by atoms with van der Waals surface area (Å²) in [6, 6.07) is 6.17. The zero-order chi connectivity index (χ0) is 16.7. The van der Waals surface area contributed by atoms with Crippen molar-refractivity contribution in [2.45, 2.75) is 45.4 Å². The Morgan fingerprint density at radius 3 is 2.26 bits per heavy atom. The summed E-state index contributed by atoms with van der Waals surface area (Å²) in [7, 11) is -0.412. The Balaban J connectivity index is 1.72. The van der Waals surface area contributed by atoms with Gasteiger partial charge in [-0.1, -0.05) is 23.7 Å². The number of hydrogen-bond donors (Lipinski definition) is 0. The van der Waals surface area contributed by atoms with Crippen molar-refractivity contribution in [3.63, 3.8) is 0 Å². The lowest BCUT2D eigenvalue weighted by Crippen LogP contribution is -2.41. The first-order chi connectivity index (χ1) is 10.8. The van der Waals surface area contributed by atoms with Crippen molar-refractivity contribution < 1.29 is 14.0 Å². The van der Waals surface area contributed by atoms with Crippen LogP contribution in [0.1, 0.15) is 33.3 Å². The standard InChI is InChI=1S/C17H25BClNO3/c1-16(2)17(3,4)23-18(22-16)14-6-5-13(11-15(14)19)12-20-7-9-21-10-8-20/h5-6,11H,7-10,12H2,1-4H3. The summed E-state index contributed by atoms with van der Waals surface area (Å²) in [5, 5.41) is 0.703. The van der Waals surface area contributed by atoms with Crippen LogP contribution in [-0.2, 0) is 20.6 Å². The molecule has 2 fully saturated rings. The van der Waals surface area contributed by atoms with E-state index in [0.29, 0.717) is 5.02 Å². The maximum absolute atomic E-state index is 6.51. The Morgan fingerprint density at radius 1 is 1.09 bits per heavy atom. The predicted octanol–water partition coefficient (Wildman–Crippen LogP) is 2.47. The van der Waals surface area contributed by atoms with Crippen molar-refractivity contribution in [1.29, 1.82) is 0 Å². The largest absolute Gasteiger partial charge is 0.496 e. The molecule has 6 heteroatoms. The molecule has 0 aliphatic carbocycles. The van der Waals surface area contributed by atoms with E-state index in [0.717, 1.165) is 38.3 Å². The van der Waals surface area contributed by atoms with E-state index in [-0.39, 0.29) is 11.2 Å². The van der Waals surface area contributed by atoms with Gasteiger partial charge in [0.2, 0.25) is 0 Å². The summed E-state index contributed by atoms with van der Waals surface area (Å²) in [6.45, 7) is 12.6. The quantitative estimate of drug-likeness (QED) is 0.793. The molecule has 0 spiro atoms. The minimum absolute atomic E-state index is 0.354. The van der Waals surface area contributed by atoms with Gasteiger partial charge in [0, 0.05) is 30.1 Å². The van der Waals surface area contributed by atoms with Crippen LogP contribution in [-0.4, -0.2) is 49.5 Å². The fourth-order valence-corrected chi connectivity index (χ4v) is 3.14. The number of nitrogens with zero attached hydrogens (tertiary/aromatic N) is 1. The van der Waals surface area contributed by atoms with Crippen LogP contribution in [0.25, 0.3) is 0 Å². The second-order valence-electron chi connectivity index (χ2n) is 7.33. The molecule has 126 valence electrons. The summed E-state index contributed by atoms with van der Waals surface area (Å²) in [4.78, 5) is 2.38. The minimum Gasteiger partial charge on any atom is -0.399 e. The summed E-state index contributed by atoms with van der Waals surface area (Å²) >= 11 is 6.51. The van der Waals surface area contributed by atoms with Crippen molar-refractivity contribution >= 4 is 24.2 Å². The molecule has 0 N–H and O–H groups in total. The van der Waals surface area contributed by atoms with Crippen LogP contribution in [0.4, 0.5) is 0 Å². The summed E-state index contributed by atoms with van der Waals surface area (Å²) in [6.07, 6.45) is 0. The van der Waals surface area contributed by atoms with Crippen molar-refractivity contribution in [2.75, 3.05) is 26.3 Å². The Labute approximate surface area is 144 Å². The zero-order valence-corrected chi connectivity index (χ0v) is 15.2. The Morgan fingerprint density at radius 2 is 1.70 bits per heavy atom. The highest BCUT2D eigenvalue weighted by Gasteiger charge is 2.52. The van der Waals surface area contributed by atoms with E-state index in [4.69, 9.17) is 25.6 Å². The van der Waals surface area contributed by atoms with Crippen LogP contribution < -0.4 is 5.46 Å². The fraction of sp³-hybridized carbons (Fsp3) is 0.647. The molecule has 0 aromatic heterocycles. The Hall–Kier alpha value is -0.585. The van der Waals surface area contributed by atoms with E-state index in [1.165, 1.54) is 5.56 Å². The van der Waals surface area contributed by atoms with Crippen molar-refractivity contribution in [3.8, 4) is 0 Å². The summed E-state index contributed by atoms with van der Waals surface area (Å²) < 4.78 is 17.6. The van der Waals surface area contributed by atoms with Gasteiger partial charge in [-0.2, -0.15) is 0 Å². The molecule has 2 aliphatic heterocycles. The Kier molecular flexibility index (Phi) is 4.78. The molecule has 2 heterocycles. The first-order valence-corrected chi connectivity index (χ1v) is 8.60. The normalized spacial score (nSPS) is 24.1. The topological polar surface area (TPSA) is 30.9 Å². The summed E-state index contributed by atoms with van der Waals surface area (Å²) in [5.74, 6) is 0. The molecule has 2 aliphatic rings. The van der Waals surface area contributed by atoms with Gasteiger partial charge in [-0.3, -0.25) is 4.90 Å². The smallest absolute Gasteiger partial charge is 0.399 e. The third-order valence-electron chi connectivity index (χ3n) is 5.08. The second kappa shape index (κ2) is 6.38. The molecule has 0 amide bonds. The lowest BCUT2D eigenvalue weighted by atomic mass is 9.78. The van der Waals surface area contributed by atoms with Gasteiger partial charge in [-0.15, -0.1) is 0 Å². The number of hydrogen-bond acceptors (Lipinski definition) is 4. The van der Waals surface area contributed by atoms with Gasteiger partial charge < -0.3 is 14.0 Å². The van der Waals surface area contributed by atoms with E-state index in [9.17, 15) is 0 Å². The van der Waals surface area contributed by atoms with Gasteiger partial charge in [0.15, 0.2) is 0 Å². The number of morpholine rings is 1. The van der Waals surface area contributed by atoms with Gasteiger partial charge in [-0.25, -0.2) is 0 Å². The molecule has 0 unspecified atom stereocenters. The number of benzene rings is 1. The van der Waals surface area contributed by atoms with Crippen LogP contribution in [0.2, 0.25) is 5.02 Å². The molecule has 3 rings (SSSR count). The molecule has 23 heavy (non-hydrogen) atoms. The number of rotatable bonds is 3. The highest BCUT2D eigenvalue weighted by molar-refractivity contribution is 6.65. The molecule has 0 saturated carbocycles. The molecule has 2 saturated heterocycles. The molecule has 0 radical (unpaired) electrons. The van der Waals surface area contributed by atoms with Crippen molar-refractivity contribution in [1.82, 2.24) is 4.90 Å². The van der Waals surface area contributed by atoms with E-state index < -0.39 is 7.12 Å². The third-order valence-corrected chi connectivity index (χ3v) is 5.41. The first-order valence-electron chi connectivity index (χ1n) is 8.22. The average molecular weight is 338 g/mol.